The predicted molar refractivity (Wildman–Crippen MR) is 91.5 cm³/mol. The third kappa shape index (κ3) is 5.84. The summed E-state index contributed by atoms with van der Waals surface area (Å²) >= 11 is 1.60. The Kier molecular flexibility index (Phi) is 6.77. The Balaban J connectivity index is 1.95. The van der Waals surface area contributed by atoms with E-state index in [1.807, 2.05) is 36.6 Å². The first-order chi connectivity index (χ1) is 11.2. The van der Waals surface area contributed by atoms with Crippen LogP contribution in [-0.2, 0) is 16.1 Å². The van der Waals surface area contributed by atoms with Gasteiger partial charge in [-0.05, 0) is 19.1 Å². The van der Waals surface area contributed by atoms with Gasteiger partial charge in [-0.3, -0.25) is 4.79 Å². The molecule has 1 aromatic heterocycles. The van der Waals surface area contributed by atoms with Crippen LogP contribution in [0.25, 0.3) is 6.08 Å². The zero-order valence-corrected chi connectivity index (χ0v) is 14.1. The minimum Gasteiger partial charge on any atom is -0.487 e. The van der Waals surface area contributed by atoms with Crippen molar-refractivity contribution < 1.29 is 14.3 Å². The molecule has 2 aromatic rings. The molecule has 0 atom stereocenters. The molecule has 0 fully saturated rings. The average Bonchev–Trinajstić information content (AvgIpc) is 2.97. The van der Waals surface area contributed by atoms with Crippen LogP contribution < -0.4 is 10.1 Å². The van der Waals surface area contributed by atoms with Crippen LogP contribution in [-0.4, -0.2) is 31.2 Å². The first-order valence-corrected chi connectivity index (χ1v) is 8.14. The molecular formula is C17H20N2O3S. The normalized spacial score (nSPS) is 10.9. The van der Waals surface area contributed by atoms with E-state index in [1.54, 1.807) is 24.5 Å². The minimum atomic E-state index is -0.160. The van der Waals surface area contributed by atoms with E-state index >= 15 is 0 Å². The molecule has 0 aliphatic heterocycles. The lowest BCUT2D eigenvalue weighted by atomic mass is 10.2. The number of hydrogen-bond donors (Lipinski definition) is 1. The molecule has 0 spiro atoms. The summed E-state index contributed by atoms with van der Waals surface area (Å²) in [6.07, 6.45) is 3.23. The summed E-state index contributed by atoms with van der Waals surface area (Å²) in [6, 6.07) is 7.59. The number of carbonyl (C=O) groups is 1. The van der Waals surface area contributed by atoms with Crippen LogP contribution in [0.4, 0.5) is 0 Å². The summed E-state index contributed by atoms with van der Waals surface area (Å²) in [4.78, 5) is 16.1. The quantitative estimate of drug-likeness (QED) is 0.596. The van der Waals surface area contributed by atoms with Crippen LogP contribution in [0.3, 0.4) is 0 Å². The van der Waals surface area contributed by atoms with Crippen molar-refractivity contribution in [3.63, 3.8) is 0 Å². The molecule has 0 bridgehead atoms. The van der Waals surface area contributed by atoms with Crippen LogP contribution in [0, 0.1) is 6.92 Å². The molecule has 0 saturated carbocycles. The van der Waals surface area contributed by atoms with E-state index in [9.17, 15) is 4.79 Å². The number of rotatable bonds is 8. The highest BCUT2D eigenvalue weighted by atomic mass is 32.1. The van der Waals surface area contributed by atoms with E-state index < -0.39 is 0 Å². The van der Waals surface area contributed by atoms with Crippen molar-refractivity contribution in [2.75, 3.05) is 20.3 Å². The van der Waals surface area contributed by atoms with Gasteiger partial charge >= 0.3 is 0 Å². The second-order valence-electron chi connectivity index (χ2n) is 4.80. The van der Waals surface area contributed by atoms with Crippen molar-refractivity contribution in [1.29, 1.82) is 0 Å². The first-order valence-electron chi connectivity index (χ1n) is 7.26. The number of hydrogen-bond acceptors (Lipinski definition) is 5. The molecule has 0 aliphatic carbocycles. The standard InChI is InChI=1S/C17H20N2O3S/c1-13-19-15(12-23-13)11-22-16-6-4-3-5-14(16)7-8-17(20)18-9-10-21-2/h3-8,12H,9-11H2,1-2H3,(H,18,20). The zero-order valence-electron chi connectivity index (χ0n) is 13.2. The summed E-state index contributed by atoms with van der Waals surface area (Å²) in [5, 5.41) is 5.73. The first kappa shape index (κ1) is 17.2. The lowest BCUT2D eigenvalue weighted by molar-refractivity contribution is -0.116. The SMILES string of the molecule is COCCNC(=O)C=Cc1ccccc1OCc1csc(C)n1. The van der Waals surface area contributed by atoms with Crippen LogP contribution in [0.5, 0.6) is 5.75 Å². The molecule has 0 aliphatic rings. The zero-order chi connectivity index (χ0) is 16.5. The Morgan fingerprint density at radius 3 is 2.96 bits per heavy atom. The van der Waals surface area contributed by atoms with Gasteiger partial charge in [0.05, 0.1) is 17.3 Å². The third-order valence-electron chi connectivity index (χ3n) is 2.98. The second kappa shape index (κ2) is 9.07. The lowest BCUT2D eigenvalue weighted by Crippen LogP contribution is -2.24. The topological polar surface area (TPSA) is 60.5 Å². The molecule has 1 aromatic carbocycles. The van der Waals surface area contributed by atoms with Crippen molar-refractivity contribution >= 4 is 23.3 Å². The van der Waals surface area contributed by atoms with E-state index in [4.69, 9.17) is 9.47 Å². The fourth-order valence-corrected chi connectivity index (χ4v) is 2.47. The molecule has 0 radical (unpaired) electrons. The maximum Gasteiger partial charge on any atom is 0.244 e. The fourth-order valence-electron chi connectivity index (χ4n) is 1.88. The summed E-state index contributed by atoms with van der Waals surface area (Å²) in [5.41, 5.74) is 1.75. The number of amides is 1. The molecular weight excluding hydrogens is 312 g/mol. The molecule has 6 heteroatoms. The number of para-hydroxylation sites is 1. The van der Waals surface area contributed by atoms with Gasteiger partial charge in [0, 0.05) is 30.7 Å². The maximum atomic E-state index is 11.7. The summed E-state index contributed by atoms with van der Waals surface area (Å²) in [6.45, 7) is 3.36. The van der Waals surface area contributed by atoms with Crippen molar-refractivity contribution in [3.05, 3.63) is 52.0 Å². The number of thiazole rings is 1. The van der Waals surface area contributed by atoms with Gasteiger partial charge in [-0.25, -0.2) is 4.98 Å². The Bertz CT molecular complexity index is 667. The van der Waals surface area contributed by atoms with E-state index in [-0.39, 0.29) is 5.91 Å². The number of methoxy groups -OCH3 is 1. The maximum absolute atomic E-state index is 11.7. The number of ether oxygens (including phenoxy) is 2. The van der Waals surface area contributed by atoms with E-state index in [1.165, 1.54) is 6.08 Å². The van der Waals surface area contributed by atoms with Crippen LogP contribution in [0.2, 0.25) is 0 Å². The minimum absolute atomic E-state index is 0.160. The van der Waals surface area contributed by atoms with Gasteiger partial charge in [-0.1, -0.05) is 18.2 Å². The van der Waals surface area contributed by atoms with E-state index in [0.717, 1.165) is 22.0 Å². The van der Waals surface area contributed by atoms with E-state index in [2.05, 4.69) is 10.3 Å². The molecule has 0 saturated heterocycles. The monoisotopic (exact) mass is 332 g/mol. The molecule has 23 heavy (non-hydrogen) atoms. The number of carbonyl (C=O) groups excluding carboxylic acids is 1. The Morgan fingerprint density at radius 1 is 1.39 bits per heavy atom. The van der Waals surface area contributed by atoms with Gasteiger partial charge in [0.2, 0.25) is 5.91 Å². The highest BCUT2D eigenvalue weighted by Crippen LogP contribution is 2.21. The summed E-state index contributed by atoms with van der Waals surface area (Å²) in [7, 11) is 1.60. The van der Waals surface area contributed by atoms with Gasteiger partial charge in [0.15, 0.2) is 0 Å². The molecule has 5 nitrogen and oxygen atoms in total. The molecule has 1 amide bonds. The van der Waals surface area contributed by atoms with Crippen molar-refractivity contribution in [3.8, 4) is 5.75 Å². The number of aromatic nitrogens is 1. The second-order valence-corrected chi connectivity index (χ2v) is 5.86. The highest BCUT2D eigenvalue weighted by Gasteiger charge is 2.04. The van der Waals surface area contributed by atoms with Crippen molar-refractivity contribution in [2.24, 2.45) is 0 Å². The average molecular weight is 332 g/mol. The number of nitrogens with zero attached hydrogens (tertiary/aromatic N) is 1. The van der Waals surface area contributed by atoms with Gasteiger partial charge in [0.1, 0.15) is 12.4 Å². The van der Waals surface area contributed by atoms with Crippen molar-refractivity contribution in [2.45, 2.75) is 13.5 Å². The van der Waals surface area contributed by atoms with Gasteiger partial charge in [-0.15, -0.1) is 11.3 Å². The number of nitrogens with one attached hydrogen (secondary N) is 1. The molecule has 1 N–H and O–H groups in total. The largest absolute Gasteiger partial charge is 0.487 e. The van der Waals surface area contributed by atoms with Gasteiger partial charge < -0.3 is 14.8 Å². The van der Waals surface area contributed by atoms with Gasteiger partial charge in [-0.2, -0.15) is 0 Å². The third-order valence-corrected chi connectivity index (χ3v) is 3.80. The highest BCUT2D eigenvalue weighted by molar-refractivity contribution is 7.09. The molecule has 1 heterocycles. The molecule has 0 unspecified atom stereocenters. The van der Waals surface area contributed by atoms with Crippen LogP contribution in [0.15, 0.2) is 35.7 Å². The molecule has 2 rings (SSSR count). The van der Waals surface area contributed by atoms with Gasteiger partial charge in [0.25, 0.3) is 0 Å². The van der Waals surface area contributed by atoms with Crippen molar-refractivity contribution in [1.82, 2.24) is 10.3 Å². The Labute approximate surface area is 140 Å². The summed E-state index contributed by atoms with van der Waals surface area (Å²) < 4.78 is 10.7. The fraction of sp³-hybridized carbons (Fsp3) is 0.294. The van der Waals surface area contributed by atoms with Crippen LogP contribution >= 0.6 is 11.3 Å². The predicted octanol–water partition coefficient (Wildman–Crippen LogP) is 2.81. The number of benzene rings is 1. The van der Waals surface area contributed by atoms with Crippen LogP contribution in [0.1, 0.15) is 16.3 Å². The lowest BCUT2D eigenvalue weighted by Gasteiger charge is -2.07. The summed E-state index contributed by atoms with van der Waals surface area (Å²) in [5.74, 6) is 0.561. The smallest absolute Gasteiger partial charge is 0.244 e. The Morgan fingerprint density at radius 2 is 2.22 bits per heavy atom. The van der Waals surface area contributed by atoms with E-state index in [0.29, 0.717) is 19.8 Å². The Hall–Kier alpha value is -2.18. The molecule has 122 valence electrons. The number of aryl methyl sites for hydroxylation is 1.